The highest BCUT2D eigenvalue weighted by atomic mass is 19.1. The molecule has 176 valence electrons. The van der Waals surface area contributed by atoms with E-state index in [0.717, 1.165) is 29.9 Å². The molecule has 0 radical (unpaired) electrons. The molecule has 34 heavy (non-hydrogen) atoms. The van der Waals surface area contributed by atoms with Gasteiger partial charge in [-0.15, -0.1) is 0 Å². The first-order valence-corrected chi connectivity index (χ1v) is 11.4. The molecular formula is C27H28FN3O3. The van der Waals surface area contributed by atoms with Crippen molar-refractivity contribution in [1.82, 2.24) is 4.90 Å². The van der Waals surface area contributed by atoms with Crippen molar-refractivity contribution in [1.29, 1.82) is 0 Å². The summed E-state index contributed by atoms with van der Waals surface area (Å²) in [5.74, 6) is -0.442. The second kappa shape index (κ2) is 11.4. The number of piperazine rings is 1. The van der Waals surface area contributed by atoms with Crippen molar-refractivity contribution in [2.75, 3.05) is 43.0 Å². The number of carbonyl (C=O) groups excluding carboxylic acids is 2. The monoisotopic (exact) mass is 461 g/mol. The van der Waals surface area contributed by atoms with Gasteiger partial charge in [0.2, 0.25) is 11.8 Å². The van der Waals surface area contributed by atoms with Gasteiger partial charge in [0.1, 0.15) is 12.4 Å². The minimum atomic E-state index is -0.299. The summed E-state index contributed by atoms with van der Waals surface area (Å²) in [6.45, 7) is 3.12. The lowest BCUT2D eigenvalue weighted by molar-refractivity contribution is -0.130. The van der Waals surface area contributed by atoms with Crippen LogP contribution in [-0.2, 0) is 27.4 Å². The standard InChI is InChI=1S/C27H28FN3O3/c28-23-8-6-21(7-9-23)18-27(33)31-16-14-30(15-17-31)25-12-10-24(11-13-25)29-26(32)20-34-19-22-4-2-1-3-5-22/h1-13H,14-20H2,(H,29,32). The van der Waals surface area contributed by atoms with E-state index in [2.05, 4.69) is 10.2 Å². The fourth-order valence-electron chi connectivity index (χ4n) is 3.89. The molecular weight excluding hydrogens is 433 g/mol. The molecule has 1 fully saturated rings. The number of ether oxygens (including phenoxy) is 1. The number of hydrogen-bond donors (Lipinski definition) is 1. The number of halogens is 1. The van der Waals surface area contributed by atoms with Crippen molar-refractivity contribution in [3.8, 4) is 0 Å². The maximum atomic E-state index is 13.1. The van der Waals surface area contributed by atoms with Crippen molar-refractivity contribution in [2.45, 2.75) is 13.0 Å². The van der Waals surface area contributed by atoms with Crippen LogP contribution >= 0.6 is 0 Å². The Morgan fingerprint density at radius 1 is 0.824 bits per heavy atom. The number of carbonyl (C=O) groups is 2. The zero-order valence-corrected chi connectivity index (χ0v) is 19.0. The molecule has 0 aliphatic carbocycles. The van der Waals surface area contributed by atoms with Crippen LogP contribution in [0, 0.1) is 5.82 Å². The summed E-state index contributed by atoms with van der Waals surface area (Å²) in [5.41, 5.74) is 3.60. The molecule has 3 aromatic carbocycles. The van der Waals surface area contributed by atoms with E-state index in [1.807, 2.05) is 59.5 Å². The highest BCUT2D eigenvalue weighted by molar-refractivity contribution is 5.91. The van der Waals surface area contributed by atoms with Crippen LogP contribution in [0.1, 0.15) is 11.1 Å². The third kappa shape index (κ3) is 6.65. The minimum Gasteiger partial charge on any atom is -0.368 e. The van der Waals surface area contributed by atoms with Gasteiger partial charge in [0.15, 0.2) is 0 Å². The fraction of sp³-hybridized carbons (Fsp3) is 0.259. The van der Waals surface area contributed by atoms with Gasteiger partial charge < -0.3 is 19.9 Å². The Bertz CT molecular complexity index is 1080. The average molecular weight is 462 g/mol. The first-order chi connectivity index (χ1) is 16.6. The molecule has 7 heteroatoms. The molecule has 6 nitrogen and oxygen atoms in total. The van der Waals surface area contributed by atoms with E-state index >= 15 is 0 Å². The fourth-order valence-corrected chi connectivity index (χ4v) is 3.89. The van der Waals surface area contributed by atoms with Crippen LogP contribution in [0.2, 0.25) is 0 Å². The number of hydrogen-bond acceptors (Lipinski definition) is 4. The third-order valence-electron chi connectivity index (χ3n) is 5.76. The Balaban J connectivity index is 1.20. The molecule has 2 amide bonds. The molecule has 0 spiro atoms. The van der Waals surface area contributed by atoms with Gasteiger partial charge in [-0.25, -0.2) is 4.39 Å². The first-order valence-electron chi connectivity index (χ1n) is 11.4. The normalized spacial score (nSPS) is 13.6. The molecule has 0 saturated carbocycles. The largest absolute Gasteiger partial charge is 0.368 e. The van der Waals surface area contributed by atoms with Gasteiger partial charge in [0, 0.05) is 37.6 Å². The van der Waals surface area contributed by atoms with E-state index in [0.29, 0.717) is 25.4 Å². The summed E-state index contributed by atoms with van der Waals surface area (Å²) in [6.07, 6.45) is 0.281. The van der Waals surface area contributed by atoms with Crippen molar-refractivity contribution < 1.29 is 18.7 Å². The Labute approximate surface area is 198 Å². The van der Waals surface area contributed by atoms with Crippen LogP contribution in [0.4, 0.5) is 15.8 Å². The Hall–Kier alpha value is -3.71. The molecule has 4 rings (SSSR count). The van der Waals surface area contributed by atoms with Crippen LogP contribution in [-0.4, -0.2) is 49.5 Å². The molecule has 0 atom stereocenters. The van der Waals surface area contributed by atoms with Crippen LogP contribution in [0.3, 0.4) is 0 Å². The second-order valence-corrected chi connectivity index (χ2v) is 8.24. The Kier molecular flexibility index (Phi) is 7.88. The molecule has 1 aliphatic heterocycles. The highest BCUT2D eigenvalue weighted by Gasteiger charge is 2.21. The molecule has 1 saturated heterocycles. The smallest absolute Gasteiger partial charge is 0.250 e. The Morgan fingerprint density at radius 2 is 1.50 bits per heavy atom. The molecule has 1 aliphatic rings. The molecule has 0 bridgehead atoms. The van der Waals surface area contributed by atoms with E-state index in [1.54, 1.807) is 12.1 Å². The van der Waals surface area contributed by atoms with Crippen molar-refractivity contribution in [3.05, 3.63) is 95.8 Å². The summed E-state index contributed by atoms with van der Waals surface area (Å²) in [5, 5.41) is 2.85. The summed E-state index contributed by atoms with van der Waals surface area (Å²) < 4.78 is 18.5. The van der Waals surface area contributed by atoms with Crippen LogP contribution in [0.25, 0.3) is 0 Å². The lowest BCUT2D eigenvalue weighted by atomic mass is 10.1. The summed E-state index contributed by atoms with van der Waals surface area (Å²) >= 11 is 0. The summed E-state index contributed by atoms with van der Waals surface area (Å²) in [4.78, 5) is 28.8. The van der Waals surface area contributed by atoms with E-state index in [4.69, 9.17) is 4.74 Å². The van der Waals surface area contributed by atoms with Gasteiger partial charge in [-0.2, -0.15) is 0 Å². The van der Waals surface area contributed by atoms with Gasteiger partial charge in [0.05, 0.1) is 13.0 Å². The first kappa shape index (κ1) is 23.4. The number of anilines is 2. The lowest BCUT2D eigenvalue weighted by Crippen LogP contribution is -2.49. The van der Waals surface area contributed by atoms with Gasteiger partial charge >= 0.3 is 0 Å². The van der Waals surface area contributed by atoms with Gasteiger partial charge in [-0.3, -0.25) is 9.59 Å². The van der Waals surface area contributed by atoms with Gasteiger partial charge in [-0.05, 0) is 47.5 Å². The van der Waals surface area contributed by atoms with E-state index < -0.39 is 0 Å². The number of nitrogens with zero attached hydrogens (tertiary/aromatic N) is 2. The van der Waals surface area contributed by atoms with Crippen LogP contribution in [0.5, 0.6) is 0 Å². The van der Waals surface area contributed by atoms with E-state index in [-0.39, 0.29) is 30.7 Å². The maximum absolute atomic E-state index is 13.1. The molecule has 3 aromatic rings. The van der Waals surface area contributed by atoms with Crippen molar-refractivity contribution in [2.24, 2.45) is 0 Å². The zero-order valence-electron chi connectivity index (χ0n) is 19.0. The van der Waals surface area contributed by atoms with E-state index in [1.165, 1.54) is 12.1 Å². The van der Waals surface area contributed by atoms with Gasteiger partial charge in [0.25, 0.3) is 0 Å². The number of rotatable bonds is 8. The topological polar surface area (TPSA) is 61.9 Å². The van der Waals surface area contributed by atoms with E-state index in [9.17, 15) is 14.0 Å². The summed E-state index contributed by atoms with van der Waals surface area (Å²) in [7, 11) is 0. The molecule has 0 aromatic heterocycles. The average Bonchev–Trinajstić information content (AvgIpc) is 2.87. The Morgan fingerprint density at radius 3 is 2.18 bits per heavy atom. The van der Waals surface area contributed by atoms with Crippen LogP contribution < -0.4 is 10.2 Å². The third-order valence-corrected chi connectivity index (χ3v) is 5.76. The quantitative estimate of drug-likeness (QED) is 0.553. The maximum Gasteiger partial charge on any atom is 0.250 e. The SMILES string of the molecule is O=C(COCc1ccccc1)Nc1ccc(N2CCN(C(=O)Cc3ccc(F)cc3)CC2)cc1. The number of benzene rings is 3. The van der Waals surface area contributed by atoms with Crippen molar-refractivity contribution in [3.63, 3.8) is 0 Å². The molecule has 0 unspecified atom stereocenters. The summed E-state index contributed by atoms with van der Waals surface area (Å²) in [6, 6.07) is 23.5. The number of amides is 2. The zero-order chi connectivity index (χ0) is 23.8. The predicted octanol–water partition coefficient (Wildman–Crippen LogP) is 3.87. The van der Waals surface area contributed by atoms with Crippen LogP contribution in [0.15, 0.2) is 78.9 Å². The second-order valence-electron chi connectivity index (χ2n) is 8.24. The highest BCUT2D eigenvalue weighted by Crippen LogP contribution is 2.20. The molecule has 1 heterocycles. The minimum absolute atomic E-state index is 0.00937. The van der Waals surface area contributed by atoms with Gasteiger partial charge in [-0.1, -0.05) is 42.5 Å². The lowest BCUT2D eigenvalue weighted by Gasteiger charge is -2.36. The van der Waals surface area contributed by atoms with Crippen molar-refractivity contribution >= 4 is 23.2 Å². The number of nitrogens with one attached hydrogen (secondary N) is 1. The molecule has 1 N–H and O–H groups in total. The predicted molar refractivity (Wildman–Crippen MR) is 130 cm³/mol.